The third-order valence-electron chi connectivity index (χ3n) is 16.7. The van der Waals surface area contributed by atoms with Crippen LogP contribution in [-0.2, 0) is 19.2 Å². The van der Waals surface area contributed by atoms with Crippen molar-refractivity contribution < 1.29 is 29.4 Å². The van der Waals surface area contributed by atoms with Gasteiger partial charge >= 0.3 is 11.9 Å². The summed E-state index contributed by atoms with van der Waals surface area (Å²) in [4.78, 5) is 51.7. The predicted octanol–water partition coefficient (Wildman–Crippen LogP) is 8.33. The molecule has 0 heterocycles. The van der Waals surface area contributed by atoms with Crippen LogP contribution < -0.4 is 10.6 Å². The second-order valence-electron chi connectivity index (χ2n) is 20.6. The van der Waals surface area contributed by atoms with E-state index < -0.39 is 28.8 Å². The van der Waals surface area contributed by atoms with Crippen molar-refractivity contribution in [3.05, 3.63) is 0 Å². The summed E-state index contributed by atoms with van der Waals surface area (Å²) in [5, 5.41) is 26.1. The van der Waals surface area contributed by atoms with Crippen LogP contribution in [0.4, 0.5) is 0 Å². The van der Waals surface area contributed by atoms with Crippen LogP contribution in [0.2, 0.25) is 0 Å². The van der Waals surface area contributed by atoms with Gasteiger partial charge in [0, 0.05) is 12.5 Å². The molecule has 0 aliphatic heterocycles. The molecule has 0 radical (unpaired) electrons. The molecular formula is C42H70N2O6. The molecule has 2 amide bonds. The van der Waals surface area contributed by atoms with E-state index in [4.69, 9.17) is 0 Å². The Morgan fingerprint density at radius 2 is 1.44 bits per heavy atom. The molecule has 8 nitrogen and oxygen atoms in total. The van der Waals surface area contributed by atoms with Crippen molar-refractivity contribution in [2.75, 3.05) is 0 Å². The van der Waals surface area contributed by atoms with Crippen LogP contribution in [0.3, 0.4) is 0 Å². The molecule has 0 aromatic heterocycles. The van der Waals surface area contributed by atoms with Crippen LogP contribution in [0.1, 0.15) is 153 Å². The van der Waals surface area contributed by atoms with Crippen LogP contribution in [0.25, 0.3) is 0 Å². The van der Waals surface area contributed by atoms with Gasteiger partial charge in [0.25, 0.3) is 0 Å². The molecule has 0 aromatic rings. The molecule has 0 unspecified atom stereocenters. The van der Waals surface area contributed by atoms with E-state index in [1.54, 1.807) is 13.8 Å². The Bertz CT molecular complexity index is 1360. The zero-order chi connectivity index (χ0) is 37.4. The summed E-state index contributed by atoms with van der Waals surface area (Å²) in [6.45, 7) is 24.3. The highest BCUT2D eigenvalue weighted by Gasteiger charge is 2.72. The van der Waals surface area contributed by atoms with E-state index >= 15 is 0 Å². The fraction of sp³-hybridized carbons (Fsp3) is 0.905. The van der Waals surface area contributed by atoms with Gasteiger partial charge in [-0.05, 0) is 148 Å². The zero-order valence-electron chi connectivity index (χ0n) is 33.2. The number of carboxylic acids is 2. The van der Waals surface area contributed by atoms with Crippen molar-refractivity contribution in [3.63, 3.8) is 0 Å². The summed E-state index contributed by atoms with van der Waals surface area (Å²) in [6.07, 6.45) is 10.6. The van der Waals surface area contributed by atoms with E-state index in [9.17, 15) is 29.4 Å². The van der Waals surface area contributed by atoms with Gasteiger partial charge in [0.15, 0.2) is 0 Å². The molecule has 8 heteroatoms. The minimum absolute atomic E-state index is 0.00226. The summed E-state index contributed by atoms with van der Waals surface area (Å²) < 4.78 is 0. The molecule has 5 saturated carbocycles. The molecule has 11 atom stereocenters. The van der Waals surface area contributed by atoms with E-state index in [1.165, 1.54) is 0 Å². The Kier molecular flexibility index (Phi) is 10.2. The number of carbonyl (C=O) groups is 4. The van der Waals surface area contributed by atoms with Gasteiger partial charge in [-0.15, -0.1) is 0 Å². The van der Waals surface area contributed by atoms with Crippen molar-refractivity contribution in [1.82, 2.24) is 10.6 Å². The molecule has 0 saturated heterocycles. The molecule has 0 bridgehead atoms. The summed E-state index contributed by atoms with van der Waals surface area (Å²) in [7, 11) is 0. The lowest BCUT2D eigenvalue weighted by Crippen LogP contribution is -2.68. The van der Waals surface area contributed by atoms with Gasteiger partial charge in [-0.1, -0.05) is 62.3 Å². The maximum Gasteiger partial charge on any atom is 0.326 e. The van der Waals surface area contributed by atoms with Gasteiger partial charge in [0.1, 0.15) is 6.04 Å². The van der Waals surface area contributed by atoms with Gasteiger partial charge in [-0.2, -0.15) is 0 Å². The Balaban J connectivity index is 1.42. The quantitative estimate of drug-likeness (QED) is 0.181. The maximum atomic E-state index is 14.5. The number of amides is 2. The number of hydrogen-bond acceptors (Lipinski definition) is 4. The molecule has 0 spiro atoms. The molecular weight excluding hydrogens is 628 g/mol. The Morgan fingerprint density at radius 3 is 2.02 bits per heavy atom. The fourth-order valence-electron chi connectivity index (χ4n) is 13.8. The van der Waals surface area contributed by atoms with Crippen molar-refractivity contribution in [1.29, 1.82) is 0 Å². The first-order chi connectivity index (χ1) is 23.0. The van der Waals surface area contributed by atoms with Crippen LogP contribution in [0.15, 0.2) is 0 Å². The van der Waals surface area contributed by atoms with Crippen LogP contribution in [0.5, 0.6) is 0 Å². The van der Waals surface area contributed by atoms with Crippen molar-refractivity contribution in [3.8, 4) is 0 Å². The molecule has 4 N–H and O–H groups in total. The van der Waals surface area contributed by atoms with E-state index in [0.717, 1.165) is 64.2 Å². The third kappa shape index (κ3) is 6.02. The summed E-state index contributed by atoms with van der Waals surface area (Å²) >= 11 is 0. The summed E-state index contributed by atoms with van der Waals surface area (Å²) in [5.74, 6) is 0.711. The van der Waals surface area contributed by atoms with Crippen LogP contribution in [0, 0.1) is 73.9 Å². The average molecular weight is 699 g/mol. The van der Waals surface area contributed by atoms with Gasteiger partial charge in [-0.3, -0.25) is 14.4 Å². The molecule has 0 aromatic carbocycles. The number of fused-ring (bicyclic) bond motifs is 7. The number of hydrogen-bond donors (Lipinski definition) is 4. The van der Waals surface area contributed by atoms with E-state index in [0.29, 0.717) is 36.0 Å². The van der Waals surface area contributed by atoms with E-state index in [2.05, 4.69) is 59.1 Å². The number of nitrogens with one attached hydrogen (secondary N) is 2. The average Bonchev–Trinajstić information content (AvgIpc) is 3.39. The highest BCUT2D eigenvalue weighted by atomic mass is 16.4. The SMILES string of the molecule is CC(C)C[C@H](NC(=O)[C@]12CC[C@@H](C(C)C)[C@@H]1[C@H]1CC[C@@H]3[C@@]4(C)CC[C@H](NC(=O)CC(C)(C)C(=O)O)C(C)(C)[C@@H]4CC[C@@]3(C)[C@]1(C)CC2)C(=O)O. The smallest absolute Gasteiger partial charge is 0.326 e. The topological polar surface area (TPSA) is 133 Å². The van der Waals surface area contributed by atoms with E-state index in [1.807, 2.05) is 13.8 Å². The molecule has 5 aliphatic carbocycles. The van der Waals surface area contributed by atoms with Crippen molar-refractivity contribution >= 4 is 23.8 Å². The first-order valence-electron chi connectivity index (χ1n) is 20.0. The molecule has 50 heavy (non-hydrogen) atoms. The monoisotopic (exact) mass is 699 g/mol. The minimum atomic E-state index is -1.10. The van der Waals surface area contributed by atoms with Gasteiger partial charge in [-0.25, -0.2) is 4.79 Å². The molecule has 5 fully saturated rings. The van der Waals surface area contributed by atoms with Crippen molar-refractivity contribution in [2.45, 2.75) is 165 Å². The lowest BCUT2D eigenvalue weighted by atomic mass is 9.32. The lowest BCUT2D eigenvalue weighted by molar-refractivity contribution is -0.240. The Hall–Kier alpha value is -2.12. The van der Waals surface area contributed by atoms with Gasteiger partial charge in [0.2, 0.25) is 11.8 Å². The van der Waals surface area contributed by atoms with Gasteiger partial charge in [0.05, 0.1) is 10.8 Å². The first kappa shape index (κ1) is 39.1. The standard InChI is InChI=1S/C42H70N2O6/c1-24(2)22-28(34(46)47)43-35(48)42-19-14-26(25(3)4)33(42)27-12-13-30-39(9)17-16-31(44-32(45)23-37(5,6)36(49)50)38(7,8)29(39)15-18-41(30,11)40(27,10)20-21-42/h24-31,33H,12-23H2,1-11H3,(H,43,48)(H,44,45)(H,46,47)(H,49,50)/t26-,27+,28-,29-,30+,31-,33+,39-,40+,41+,42-/m0/s1. The number of rotatable bonds is 10. The lowest BCUT2D eigenvalue weighted by Gasteiger charge is -2.73. The number of carbonyl (C=O) groups excluding carboxylic acids is 2. The second-order valence-corrected chi connectivity index (χ2v) is 20.6. The third-order valence-corrected chi connectivity index (χ3v) is 16.7. The molecule has 5 aliphatic rings. The molecule has 5 rings (SSSR count). The largest absolute Gasteiger partial charge is 0.481 e. The summed E-state index contributed by atoms with van der Waals surface area (Å²) in [5.41, 5.74) is -1.40. The molecule has 284 valence electrons. The normalized spacial score (nSPS) is 41.3. The van der Waals surface area contributed by atoms with Crippen LogP contribution in [-0.4, -0.2) is 46.0 Å². The second kappa shape index (κ2) is 13.1. The first-order valence-corrected chi connectivity index (χ1v) is 20.0. The predicted molar refractivity (Wildman–Crippen MR) is 196 cm³/mol. The highest BCUT2D eigenvalue weighted by Crippen LogP contribution is 2.77. The fourth-order valence-corrected chi connectivity index (χ4v) is 13.8. The van der Waals surface area contributed by atoms with Crippen LogP contribution >= 0.6 is 0 Å². The highest BCUT2D eigenvalue weighted by molar-refractivity contribution is 5.88. The maximum absolute atomic E-state index is 14.5. The zero-order valence-corrected chi connectivity index (χ0v) is 33.2. The van der Waals surface area contributed by atoms with Crippen molar-refractivity contribution in [2.24, 2.45) is 73.9 Å². The van der Waals surface area contributed by atoms with Gasteiger partial charge < -0.3 is 20.8 Å². The minimum Gasteiger partial charge on any atom is -0.481 e. The number of carboxylic acid groups (broad SMARTS) is 2. The van der Waals surface area contributed by atoms with E-state index in [-0.39, 0.29) is 57.8 Å². The Labute approximate surface area is 302 Å². The Morgan fingerprint density at radius 1 is 0.780 bits per heavy atom. The summed E-state index contributed by atoms with van der Waals surface area (Å²) in [6, 6.07) is -0.835. The number of aliphatic carboxylic acids is 2.